The zero-order valence-electron chi connectivity index (χ0n) is 27.6. The van der Waals surface area contributed by atoms with Crippen LogP contribution in [-0.4, -0.2) is 106 Å². The standard InChI is InChI=1S/C36H43N5O9/c1-21(43)36(23-9-3-2-4-10-23)14-16-41(17-15-36)28(44)19-39-34(48)29(40-24-11-7-8-22(18-24)33(37)38)25-12-5-6-13-26(25)49-35-32(47)31(46)30(45)27(20-42)50-35/h2-13,18,27,29-32,35,40,42,45-47H,14-17,19-20H2,1H3,(H3,37,38)(H,39,48). The molecule has 14 nitrogen and oxygen atoms in total. The van der Waals surface area contributed by atoms with Gasteiger partial charge in [0.15, 0.2) is 0 Å². The van der Waals surface area contributed by atoms with Crippen molar-refractivity contribution in [1.82, 2.24) is 10.2 Å². The Morgan fingerprint density at radius 2 is 1.66 bits per heavy atom. The van der Waals surface area contributed by atoms with Gasteiger partial charge in [0.25, 0.3) is 0 Å². The van der Waals surface area contributed by atoms with Gasteiger partial charge in [0, 0.05) is 29.9 Å². The second-order valence-corrected chi connectivity index (χ2v) is 12.5. The summed E-state index contributed by atoms with van der Waals surface area (Å²) in [5, 5.41) is 54.4. The molecule has 266 valence electrons. The van der Waals surface area contributed by atoms with Crippen molar-refractivity contribution >= 4 is 29.1 Å². The van der Waals surface area contributed by atoms with E-state index in [0.29, 0.717) is 37.2 Å². The molecule has 0 bridgehead atoms. The molecule has 6 unspecified atom stereocenters. The van der Waals surface area contributed by atoms with Crippen LogP contribution in [0.1, 0.15) is 42.5 Å². The van der Waals surface area contributed by atoms with Gasteiger partial charge in [-0.05, 0) is 43.5 Å². The number of likely N-dealkylation sites (tertiary alicyclic amines) is 1. The number of amides is 2. The number of Topliss-reactive ketones (excluding diaryl/α,β-unsaturated/α-hetero) is 1. The Hall–Kier alpha value is -4.86. The molecule has 0 spiro atoms. The minimum absolute atomic E-state index is 0.0384. The number of nitrogens with one attached hydrogen (secondary N) is 3. The predicted octanol–water partition coefficient (Wildman–Crippen LogP) is 0.568. The zero-order valence-corrected chi connectivity index (χ0v) is 27.6. The average molecular weight is 690 g/mol. The van der Waals surface area contributed by atoms with Gasteiger partial charge in [0.2, 0.25) is 18.1 Å². The number of aliphatic hydroxyl groups is 4. The van der Waals surface area contributed by atoms with E-state index in [1.54, 1.807) is 54.3 Å². The fourth-order valence-electron chi connectivity index (χ4n) is 6.46. The number of nitrogens with two attached hydrogens (primary N) is 1. The van der Waals surface area contributed by atoms with Crippen molar-refractivity contribution < 1.29 is 44.3 Å². The minimum atomic E-state index is -1.70. The molecule has 2 amide bonds. The number of piperidine rings is 1. The van der Waals surface area contributed by atoms with Crippen LogP contribution in [0.4, 0.5) is 5.69 Å². The number of para-hydroxylation sites is 1. The molecule has 14 heteroatoms. The third kappa shape index (κ3) is 7.79. The van der Waals surface area contributed by atoms with Gasteiger partial charge in [-0.15, -0.1) is 0 Å². The molecule has 50 heavy (non-hydrogen) atoms. The fraction of sp³-hybridized carbons (Fsp3) is 0.389. The van der Waals surface area contributed by atoms with Gasteiger partial charge in [-0.1, -0.05) is 60.7 Å². The Kier molecular flexibility index (Phi) is 11.5. The van der Waals surface area contributed by atoms with Crippen LogP contribution < -0.4 is 21.1 Å². The van der Waals surface area contributed by atoms with Gasteiger partial charge in [-0.2, -0.15) is 0 Å². The van der Waals surface area contributed by atoms with Crippen LogP contribution in [0.15, 0.2) is 78.9 Å². The number of hydrogen-bond donors (Lipinski definition) is 8. The van der Waals surface area contributed by atoms with Crippen LogP contribution >= 0.6 is 0 Å². The maximum atomic E-state index is 13.9. The summed E-state index contributed by atoms with van der Waals surface area (Å²) in [5.74, 6) is -1.02. The molecule has 0 aromatic heterocycles. The van der Waals surface area contributed by atoms with Crippen molar-refractivity contribution in [1.29, 1.82) is 5.41 Å². The number of carbonyl (C=O) groups excluding carboxylic acids is 3. The SMILES string of the molecule is CC(=O)C1(c2ccccc2)CCN(C(=O)CNC(=O)C(Nc2cccc(C(=N)N)c2)c2ccccc2OC2OC(CO)C(O)C(O)C2O)CC1. The van der Waals surface area contributed by atoms with Crippen LogP contribution in [0.5, 0.6) is 5.75 Å². The molecule has 6 atom stereocenters. The highest BCUT2D eigenvalue weighted by Gasteiger charge is 2.45. The van der Waals surface area contributed by atoms with Gasteiger partial charge < -0.3 is 51.2 Å². The van der Waals surface area contributed by atoms with Crippen molar-refractivity contribution in [2.75, 3.05) is 31.6 Å². The van der Waals surface area contributed by atoms with E-state index >= 15 is 0 Å². The van der Waals surface area contributed by atoms with E-state index in [9.17, 15) is 34.8 Å². The molecule has 9 N–H and O–H groups in total. The highest BCUT2D eigenvalue weighted by atomic mass is 16.7. The second-order valence-electron chi connectivity index (χ2n) is 12.5. The molecule has 5 rings (SSSR count). The highest BCUT2D eigenvalue weighted by molar-refractivity contribution is 5.96. The number of nitrogen functional groups attached to an aromatic ring is 1. The van der Waals surface area contributed by atoms with Crippen molar-refractivity contribution in [3.05, 3.63) is 95.6 Å². The Labute approximate surface area is 289 Å². The van der Waals surface area contributed by atoms with E-state index in [0.717, 1.165) is 5.56 Å². The number of ketones is 1. The molecule has 0 saturated carbocycles. The van der Waals surface area contributed by atoms with E-state index in [1.807, 2.05) is 30.3 Å². The lowest BCUT2D eigenvalue weighted by Gasteiger charge is -2.40. The van der Waals surface area contributed by atoms with E-state index in [4.69, 9.17) is 20.6 Å². The molecule has 2 fully saturated rings. The Balaban J connectivity index is 1.35. The van der Waals surface area contributed by atoms with Gasteiger partial charge in [-0.25, -0.2) is 0 Å². The third-order valence-electron chi connectivity index (χ3n) is 9.45. The Bertz CT molecular complexity index is 1680. The molecule has 2 aliphatic rings. The van der Waals surface area contributed by atoms with Crippen LogP contribution in [-0.2, 0) is 24.5 Å². The van der Waals surface area contributed by atoms with E-state index in [2.05, 4.69) is 10.6 Å². The molecular weight excluding hydrogens is 646 g/mol. The summed E-state index contributed by atoms with van der Waals surface area (Å²) >= 11 is 0. The number of aliphatic hydroxyl groups excluding tert-OH is 4. The highest BCUT2D eigenvalue weighted by Crippen LogP contribution is 2.37. The molecule has 2 aliphatic heterocycles. The smallest absolute Gasteiger partial charge is 0.247 e. The number of benzene rings is 3. The summed E-state index contributed by atoms with van der Waals surface area (Å²) < 4.78 is 11.5. The van der Waals surface area contributed by atoms with Crippen LogP contribution in [0.25, 0.3) is 0 Å². The van der Waals surface area contributed by atoms with Crippen molar-refractivity contribution in [2.45, 2.75) is 61.9 Å². The van der Waals surface area contributed by atoms with Crippen LogP contribution in [0.3, 0.4) is 0 Å². The number of anilines is 1. The molecular formula is C36H43N5O9. The number of rotatable bonds is 12. The first kappa shape index (κ1) is 36.4. The maximum Gasteiger partial charge on any atom is 0.247 e. The normalized spacial score (nSPS) is 23.7. The summed E-state index contributed by atoms with van der Waals surface area (Å²) in [6, 6.07) is 21.2. The lowest BCUT2D eigenvalue weighted by Crippen LogP contribution is -2.60. The quantitative estimate of drug-likeness (QED) is 0.0969. The lowest BCUT2D eigenvalue weighted by molar-refractivity contribution is -0.277. The summed E-state index contributed by atoms with van der Waals surface area (Å²) in [5.41, 5.74) is 7.00. The number of hydrogen-bond acceptors (Lipinski definition) is 11. The molecule has 0 aliphatic carbocycles. The van der Waals surface area contributed by atoms with Crippen molar-refractivity contribution in [2.24, 2.45) is 5.73 Å². The summed E-state index contributed by atoms with van der Waals surface area (Å²) in [7, 11) is 0. The monoisotopic (exact) mass is 689 g/mol. The molecule has 3 aromatic rings. The van der Waals surface area contributed by atoms with Crippen LogP contribution in [0.2, 0.25) is 0 Å². The third-order valence-corrected chi connectivity index (χ3v) is 9.45. The number of nitrogens with zero attached hydrogens (tertiary/aromatic N) is 1. The summed E-state index contributed by atoms with van der Waals surface area (Å²) in [4.78, 5) is 41.7. The Morgan fingerprint density at radius 1 is 0.980 bits per heavy atom. The molecule has 3 aromatic carbocycles. The fourth-order valence-corrected chi connectivity index (χ4v) is 6.46. The first-order valence-electron chi connectivity index (χ1n) is 16.3. The van der Waals surface area contributed by atoms with Gasteiger partial charge >= 0.3 is 0 Å². The zero-order chi connectivity index (χ0) is 36.0. The minimum Gasteiger partial charge on any atom is -0.462 e. The van der Waals surface area contributed by atoms with E-state index < -0.39 is 54.7 Å². The number of ether oxygens (including phenoxy) is 2. The average Bonchev–Trinajstić information content (AvgIpc) is 3.13. The van der Waals surface area contributed by atoms with Gasteiger partial charge in [0.05, 0.1) is 18.6 Å². The number of carbonyl (C=O) groups is 3. The van der Waals surface area contributed by atoms with Gasteiger partial charge in [-0.3, -0.25) is 19.8 Å². The maximum absolute atomic E-state index is 13.9. The topological polar surface area (TPSA) is 228 Å². The molecule has 0 radical (unpaired) electrons. The first-order chi connectivity index (χ1) is 23.9. The predicted molar refractivity (Wildman–Crippen MR) is 182 cm³/mol. The number of amidine groups is 1. The van der Waals surface area contributed by atoms with Crippen LogP contribution in [0, 0.1) is 5.41 Å². The van der Waals surface area contributed by atoms with Gasteiger partial charge in [0.1, 0.15) is 47.8 Å². The first-order valence-corrected chi connectivity index (χ1v) is 16.3. The molecule has 2 saturated heterocycles. The largest absolute Gasteiger partial charge is 0.462 e. The van der Waals surface area contributed by atoms with E-state index in [-0.39, 0.29) is 35.4 Å². The molecule has 2 heterocycles. The summed E-state index contributed by atoms with van der Waals surface area (Å²) in [6.45, 7) is 1.25. The van der Waals surface area contributed by atoms with Crippen molar-refractivity contribution in [3.63, 3.8) is 0 Å². The summed E-state index contributed by atoms with van der Waals surface area (Å²) in [6.07, 6.45) is -6.80. The Morgan fingerprint density at radius 3 is 2.32 bits per heavy atom. The van der Waals surface area contributed by atoms with E-state index in [1.165, 1.54) is 6.07 Å². The lowest BCUT2D eigenvalue weighted by atomic mass is 9.70. The second kappa shape index (κ2) is 15.8. The van der Waals surface area contributed by atoms with Crippen molar-refractivity contribution in [3.8, 4) is 5.75 Å².